The van der Waals surface area contributed by atoms with Gasteiger partial charge in [0.25, 0.3) is 0 Å². The molecule has 0 bridgehead atoms. The molecule has 0 amide bonds. The lowest BCUT2D eigenvalue weighted by Gasteiger charge is -2.33. The Balaban J connectivity index is 1.41. The number of ether oxygens (including phenoxy) is 1. The average molecular weight is 379 g/mol. The Morgan fingerprint density at radius 1 is 1.18 bits per heavy atom. The second-order valence-corrected chi connectivity index (χ2v) is 7.50. The summed E-state index contributed by atoms with van der Waals surface area (Å²) in [6.07, 6.45) is 2.59. The summed E-state index contributed by atoms with van der Waals surface area (Å²) in [6.45, 7) is 6.21. The summed E-state index contributed by atoms with van der Waals surface area (Å²) in [5.41, 5.74) is 3.20. The van der Waals surface area contributed by atoms with E-state index in [1.54, 1.807) is 10.8 Å². The number of pyridine rings is 1. The molecule has 5 rings (SSSR count). The summed E-state index contributed by atoms with van der Waals surface area (Å²) in [5, 5.41) is 6.50. The smallest absolute Gasteiger partial charge is 0.343 e. The van der Waals surface area contributed by atoms with Crippen LogP contribution in [0.15, 0.2) is 29.2 Å². The third kappa shape index (κ3) is 2.78. The highest BCUT2D eigenvalue weighted by Crippen LogP contribution is 2.33. The zero-order valence-corrected chi connectivity index (χ0v) is 15.8. The number of rotatable bonds is 2. The summed E-state index contributed by atoms with van der Waals surface area (Å²) >= 11 is 0. The fraction of sp³-hybridized carbons (Fsp3) is 0.421. The van der Waals surface area contributed by atoms with E-state index in [1.165, 1.54) is 0 Å². The lowest BCUT2D eigenvalue weighted by atomic mass is 10.0. The fourth-order valence-electron chi connectivity index (χ4n) is 4.05. The number of nitrogens with zero attached hydrogens (tertiary/aromatic N) is 6. The molecule has 3 aromatic heterocycles. The minimum Gasteiger partial charge on any atom is -0.363 e. The Hall–Kier alpha value is -3.07. The molecular weight excluding hydrogens is 358 g/mol. The molecule has 28 heavy (non-hydrogen) atoms. The summed E-state index contributed by atoms with van der Waals surface area (Å²) in [6, 6.07) is 5.94. The van der Waals surface area contributed by atoms with Gasteiger partial charge in [0.15, 0.2) is 5.82 Å². The predicted octanol–water partition coefficient (Wildman–Crippen LogP) is 1.22. The molecule has 144 valence electrons. The van der Waals surface area contributed by atoms with Crippen molar-refractivity contribution in [3.63, 3.8) is 0 Å². The Bertz CT molecular complexity index is 1110. The molecule has 5 heterocycles. The van der Waals surface area contributed by atoms with E-state index in [-0.39, 0.29) is 5.69 Å². The second-order valence-electron chi connectivity index (χ2n) is 7.50. The number of aromatic nitrogens is 6. The van der Waals surface area contributed by atoms with Gasteiger partial charge in [0.05, 0.1) is 18.8 Å². The van der Waals surface area contributed by atoms with Gasteiger partial charge in [-0.15, -0.1) is 0 Å². The van der Waals surface area contributed by atoms with Crippen LogP contribution in [0.3, 0.4) is 0 Å². The molecule has 2 aliphatic rings. The van der Waals surface area contributed by atoms with Crippen LogP contribution in [0.2, 0.25) is 0 Å². The molecule has 0 aromatic carbocycles. The van der Waals surface area contributed by atoms with Gasteiger partial charge in [-0.2, -0.15) is 5.10 Å². The van der Waals surface area contributed by atoms with E-state index < -0.39 is 5.60 Å². The van der Waals surface area contributed by atoms with E-state index in [4.69, 9.17) is 9.72 Å². The highest BCUT2D eigenvalue weighted by atomic mass is 16.5. The fourth-order valence-corrected chi connectivity index (χ4v) is 4.05. The van der Waals surface area contributed by atoms with Gasteiger partial charge in [-0.05, 0) is 38.5 Å². The van der Waals surface area contributed by atoms with Crippen LogP contribution in [-0.4, -0.2) is 48.4 Å². The number of aryl methyl sites for hydroxylation is 2. The standard InChI is InChI=1S/C19H21N7O2/c1-12-3-4-14(13(2)21-12)15-5-7-20-17(22-15)25-8-6-19(10-25)11-26-16(9-28-19)23-24-18(26)27/h3-5,7H,6,8-11H2,1-2H3,(H,24,27). The maximum absolute atomic E-state index is 12.0. The van der Waals surface area contributed by atoms with Crippen molar-refractivity contribution < 1.29 is 4.74 Å². The van der Waals surface area contributed by atoms with Crippen molar-refractivity contribution in [2.24, 2.45) is 0 Å². The first-order valence-electron chi connectivity index (χ1n) is 9.34. The molecule has 1 spiro atoms. The second kappa shape index (κ2) is 6.23. The normalized spacial score (nSPS) is 21.3. The van der Waals surface area contributed by atoms with Crippen molar-refractivity contribution in [2.45, 2.75) is 39.0 Å². The Morgan fingerprint density at radius 2 is 2.07 bits per heavy atom. The Morgan fingerprint density at radius 3 is 2.93 bits per heavy atom. The highest BCUT2D eigenvalue weighted by Gasteiger charge is 2.44. The SMILES string of the molecule is Cc1ccc(-c2ccnc(N3CCC4(C3)Cn3c(n[nH]c3=O)CO4)n2)c(C)n1. The van der Waals surface area contributed by atoms with Crippen LogP contribution in [0.5, 0.6) is 0 Å². The summed E-state index contributed by atoms with van der Waals surface area (Å²) in [5.74, 6) is 1.32. The van der Waals surface area contributed by atoms with Gasteiger partial charge < -0.3 is 9.64 Å². The number of nitrogens with one attached hydrogen (secondary N) is 1. The lowest BCUT2D eigenvalue weighted by molar-refractivity contribution is -0.0760. The van der Waals surface area contributed by atoms with Gasteiger partial charge in [0.2, 0.25) is 5.95 Å². The van der Waals surface area contributed by atoms with E-state index in [1.807, 2.05) is 32.0 Å². The molecular formula is C19H21N7O2. The summed E-state index contributed by atoms with van der Waals surface area (Å²) < 4.78 is 7.79. The van der Waals surface area contributed by atoms with Crippen molar-refractivity contribution in [3.05, 3.63) is 52.1 Å². The zero-order valence-electron chi connectivity index (χ0n) is 15.8. The van der Waals surface area contributed by atoms with Crippen LogP contribution in [0, 0.1) is 13.8 Å². The molecule has 1 unspecified atom stereocenters. The number of hydrogen-bond donors (Lipinski definition) is 1. The van der Waals surface area contributed by atoms with Crippen molar-refractivity contribution in [1.29, 1.82) is 0 Å². The first-order chi connectivity index (χ1) is 13.5. The number of aromatic amines is 1. The molecule has 9 heteroatoms. The molecule has 0 saturated carbocycles. The van der Waals surface area contributed by atoms with Crippen LogP contribution in [0.25, 0.3) is 11.3 Å². The number of H-pyrrole nitrogens is 1. The third-order valence-corrected chi connectivity index (χ3v) is 5.53. The summed E-state index contributed by atoms with van der Waals surface area (Å²) in [7, 11) is 0. The Labute approximate surface area is 161 Å². The van der Waals surface area contributed by atoms with Crippen molar-refractivity contribution in [3.8, 4) is 11.3 Å². The topological polar surface area (TPSA) is 102 Å². The molecule has 2 aliphatic heterocycles. The lowest BCUT2D eigenvalue weighted by Crippen LogP contribution is -2.46. The zero-order chi connectivity index (χ0) is 19.3. The molecule has 9 nitrogen and oxygen atoms in total. The molecule has 0 aliphatic carbocycles. The average Bonchev–Trinajstić information content (AvgIpc) is 3.26. The van der Waals surface area contributed by atoms with Crippen molar-refractivity contribution in [1.82, 2.24) is 29.7 Å². The number of hydrogen-bond acceptors (Lipinski definition) is 7. The van der Waals surface area contributed by atoms with E-state index >= 15 is 0 Å². The van der Waals surface area contributed by atoms with E-state index in [0.717, 1.165) is 35.6 Å². The van der Waals surface area contributed by atoms with E-state index in [0.29, 0.717) is 31.5 Å². The van der Waals surface area contributed by atoms with E-state index in [2.05, 4.69) is 25.1 Å². The number of anilines is 1. The quantitative estimate of drug-likeness (QED) is 0.714. The van der Waals surface area contributed by atoms with Gasteiger partial charge in [-0.25, -0.2) is 19.9 Å². The van der Waals surface area contributed by atoms with Gasteiger partial charge in [-0.3, -0.25) is 9.55 Å². The van der Waals surface area contributed by atoms with Gasteiger partial charge in [0, 0.05) is 29.7 Å². The van der Waals surface area contributed by atoms with Gasteiger partial charge >= 0.3 is 5.69 Å². The van der Waals surface area contributed by atoms with Crippen LogP contribution in [0.4, 0.5) is 5.95 Å². The molecule has 0 radical (unpaired) electrons. The monoisotopic (exact) mass is 379 g/mol. The maximum Gasteiger partial charge on any atom is 0.343 e. The highest BCUT2D eigenvalue weighted by molar-refractivity contribution is 5.62. The maximum atomic E-state index is 12.0. The van der Waals surface area contributed by atoms with E-state index in [9.17, 15) is 4.79 Å². The first-order valence-corrected chi connectivity index (χ1v) is 9.34. The van der Waals surface area contributed by atoms with Crippen LogP contribution >= 0.6 is 0 Å². The molecule has 1 saturated heterocycles. The molecule has 1 atom stereocenters. The molecule has 1 fully saturated rings. The largest absolute Gasteiger partial charge is 0.363 e. The van der Waals surface area contributed by atoms with Crippen LogP contribution in [0.1, 0.15) is 23.6 Å². The Kier molecular flexibility index (Phi) is 3.80. The van der Waals surface area contributed by atoms with Crippen LogP contribution < -0.4 is 10.6 Å². The van der Waals surface area contributed by atoms with Crippen molar-refractivity contribution >= 4 is 5.95 Å². The summed E-state index contributed by atoms with van der Waals surface area (Å²) in [4.78, 5) is 27.9. The molecule has 1 N–H and O–H groups in total. The van der Waals surface area contributed by atoms with Crippen LogP contribution in [-0.2, 0) is 17.9 Å². The molecule has 3 aromatic rings. The minimum absolute atomic E-state index is 0.184. The first kappa shape index (κ1) is 17.1. The number of fused-ring (bicyclic) bond motifs is 1. The third-order valence-electron chi connectivity index (χ3n) is 5.53. The minimum atomic E-state index is -0.415. The van der Waals surface area contributed by atoms with Gasteiger partial charge in [-0.1, -0.05) is 0 Å². The predicted molar refractivity (Wildman–Crippen MR) is 102 cm³/mol. The van der Waals surface area contributed by atoms with Crippen molar-refractivity contribution in [2.75, 3.05) is 18.0 Å². The van der Waals surface area contributed by atoms with Gasteiger partial charge in [0.1, 0.15) is 12.2 Å².